The molecule has 0 unspecified atom stereocenters. The smallest absolute Gasteiger partial charge is 0.317 e. The molecule has 6 heteroatoms. The molecular formula is C20H26N4O2. The van der Waals surface area contributed by atoms with Crippen LogP contribution in [0.15, 0.2) is 30.3 Å². The fraction of sp³-hybridized carbons (Fsp3) is 0.500. The third-order valence-electron chi connectivity index (χ3n) is 5.42. The Kier molecular flexibility index (Phi) is 4.82. The van der Waals surface area contributed by atoms with Crippen molar-refractivity contribution < 1.29 is 9.59 Å². The van der Waals surface area contributed by atoms with Crippen LogP contribution in [-0.2, 0) is 4.79 Å². The van der Waals surface area contributed by atoms with Crippen molar-refractivity contribution in [3.63, 3.8) is 0 Å². The van der Waals surface area contributed by atoms with Gasteiger partial charge in [0.25, 0.3) is 0 Å². The number of piperidine rings is 1. The molecule has 3 amide bonds. The zero-order valence-electron chi connectivity index (χ0n) is 15.0. The molecule has 1 saturated carbocycles. The van der Waals surface area contributed by atoms with Crippen LogP contribution in [0.4, 0.5) is 4.79 Å². The normalized spacial score (nSPS) is 18.1. The average molecular weight is 354 g/mol. The Balaban J connectivity index is 1.21. The van der Waals surface area contributed by atoms with Crippen molar-refractivity contribution in [3.8, 4) is 0 Å². The topological polar surface area (TPSA) is 77.2 Å². The number of amides is 3. The second kappa shape index (κ2) is 7.40. The van der Waals surface area contributed by atoms with E-state index in [4.69, 9.17) is 0 Å². The fourth-order valence-corrected chi connectivity index (χ4v) is 3.67. The van der Waals surface area contributed by atoms with Crippen molar-refractivity contribution >= 4 is 22.8 Å². The lowest BCUT2D eigenvalue weighted by Crippen LogP contribution is -2.46. The van der Waals surface area contributed by atoms with Gasteiger partial charge in [-0.05, 0) is 43.2 Å². The van der Waals surface area contributed by atoms with Gasteiger partial charge in [0, 0.05) is 49.2 Å². The number of H-pyrrole nitrogens is 1. The van der Waals surface area contributed by atoms with Gasteiger partial charge in [0.2, 0.25) is 5.91 Å². The first-order valence-corrected chi connectivity index (χ1v) is 9.59. The van der Waals surface area contributed by atoms with Gasteiger partial charge in [-0.15, -0.1) is 0 Å². The van der Waals surface area contributed by atoms with Gasteiger partial charge in [0.05, 0.1) is 0 Å². The summed E-state index contributed by atoms with van der Waals surface area (Å²) in [6.45, 7) is 2.52. The van der Waals surface area contributed by atoms with E-state index in [-0.39, 0.29) is 17.9 Å². The van der Waals surface area contributed by atoms with E-state index in [1.54, 1.807) is 0 Å². The first-order chi connectivity index (χ1) is 12.7. The molecule has 0 spiro atoms. The molecule has 1 aromatic carbocycles. The number of urea groups is 1. The van der Waals surface area contributed by atoms with E-state index in [2.05, 4.69) is 39.9 Å². The number of para-hydroxylation sites is 1. The first-order valence-electron chi connectivity index (χ1n) is 9.59. The van der Waals surface area contributed by atoms with Crippen molar-refractivity contribution in [1.82, 2.24) is 20.5 Å². The number of nitrogens with one attached hydrogen (secondary N) is 3. The van der Waals surface area contributed by atoms with Crippen molar-refractivity contribution in [3.05, 3.63) is 36.0 Å². The number of carbonyl (C=O) groups excluding carboxylic acids is 2. The zero-order chi connectivity index (χ0) is 17.9. The number of hydrogen-bond acceptors (Lipinski definition) is 2. The van der Waals surface area contributed by atoms with Gasteiger partial charge in [0.1, 0.15) is 0 Å². The summed E-state index contributed by atoms with van der Waals surface area (Å²) in [6.07, 6.45) is 3.95. The van der Waals surface area contributed by atoms with Gasteiger partial charge in [0.15, 0.2) is 0 Å². The number of rotatable bonds is 5. The van der Waals surface area contributed by atoms with Gasteiger partial charge in [-0.1, -0.05) is 18.2 Å². The second-order valence-electron chi connectivity index (χ2n) is 7.37. The molecule has 2 aromatic rings. The Morgan fingerprint density at radius 1 is 1.04 bits per heavy atom. The van der Waals surface area contributed by atoms with E-state index in [0.29, 0.717) is 19.0 Å². The quantitative estimate of drug-likeness (QED) is 0.722. The van der Waals surface area contributed by atoms with Crippen molar-refractivity contribution in [1.29, 1.82) is 0 Å². The van der Waals surface area contributed by atoms with Crippen LogP contribution in [0.2, 0.25) is 0 Å². The van der Waals surface area contributed by atoms with Gasteiger partial charge in [-0.2, -0.15) is 0 Å². The maximum atomic E-state index is 12.3. The van der Waals surface area contributed by atoms with Crippen molar-refractivity contribution in [2.45, 2.75) is 31.6 Å². The molecule has 0 bridgehead atoms. The highest BCUT2D eigenvalue weighted by molar-refractivity contribution is 5.81. The lowest BCUT2D eigenvalue weighted by Gasteiger charge is -2.31. The summed E-state index contributed by atoms with van der Waals surface area (Å²) in [5, 5.41) is 7.02. The van der Waals surface area contributed by atoms with E-state index in [0.717, 1.165) is 38.8 Å². The Hall–Kier alpha value is -2.50. The van der Waals surface area contributed by atoms with E-state index >= 15 is 0 Å². The molecule has 2 fully saturated rings. The number of carbonyl (C=O) groups is 2. The van der Waals surface area contributed by atoms with Gasteiger partial charge in [-0.25, -0.2) is 4.79 Å². The average Bonchev–Trinajstić information content (AvgIpc) is 3.43. The Morgan fingerprint density at radius 3 is 2.50 bits per heavy atom. The molecule has 6 nitrogen and oxygen atoms in total. The summed E-state index contributed by atoms with van der Waals surface area (Å²) in [5.74, 6) is 0.817. The van der Waals surface area contributed by atoms with Gasteiger partial charge < -0.3 is 20.5 Å². The number of fused-ring (bicyclic) bond motifs is 1. The van der Waals surface area contributed by atoms with Gasteiger partial charge >= 0.3 is 6.03 Å². The molecular weight excluding hydrogens is 328 g/mol. The van der Waals surface area contributed by atoms with E-state index in [1.807, 2.05) is 11.0 Å². The highest BCUT2D eigenvalue weighted by Gasteiger charge is 2.29. The zero-order valence-corrected chi connectivity index (χ0v) is 15.0. The van der Waals surface area contributed by atoms with Crippen molar-refractivity contribution in [2.75, 3.05) is 26.2 Å². The van der Waals surface area contributed by atoms with Crippen LogP contribution in [0.3, 0.4) is 0 Å². The predicted molar refractivity (Wildman–Crippen MR) is 101 cm³/mol. The Morgan fingerprint density at radius 2 is 1.77 bits per heavy atom. The molecule has 1 aliphatic heterocycles. The lowest BCUT2D eigenvalue weighted by atomic mass is 9.94. The number of aromatic nitrogens is 1. The summed E-state index contributed by atoms with van der Waals surface area (Å²) in [7, 11) is 0. The molecule has 0 radical (unpaired) electrons. The highest BCUT2D eigenvalue weighted by Crippen LogP contribution is 2.30. The highest BCUT2D eigenvalue weighted by atomic mass is 16.2. The minimum Gasteiger partial charge on any atom is -0.358 e. The number of hydrogen-bond donors (Lipinski definition) is 3. The van der Waals surface area contributed by atoms with Crippen LogP contribution < -0.4 is 10.6 Å². The van der Waals surface area contributed by atoms with Crippen LogP contribution in [0.25, 0.3) is 10.9 Å². The van der Waals surface area contributed by atoms with Crippen LogP contribution in [0, 0.1) is 5.92 Å². The summed E-state index contributed by atoms with van der Waals surface area (Å²) >= 11 is 0. The minimum atomic E-state index is -0.0271. The number of nitrogens with zero attached hydrogens (tertiary/aromatic N) is 1. The van der Waals surface area contributed by atoms with Crippen molar-refractivity contribution in [2.24, 2.45) is 5.92 Å². The molecule has 26 heavy (non-hydrogen) atoms. The van der Waals surface area contributed by atoms with Crippen LogP contribution >= 0.6 is 0 Å². The summed E-state index contributed by atoms with van der Waals surface area (Å²) in [4.78, 5) is 29.2. The van der Waals surface area contributed by atoms with Crippen LogP contribution in [-0.4, -0.2) is 48.0 Å². The summed E-state index contributed by atoms with van der Waals surface area (Å²) in [6, 6.07) is 10.5. The third kappa shape index (κ3) is 3.84. The van der Waals surface area contributed by atoms with E-state index in [1.165, 1.54) is 16.6 Å². The van der Waals surface area contributed by atoms with Gasteiger partial charge in [-0.3, -0.25) is 4.79 Å². The Bertz CT molecular complexity index is 755. The van der Waals surface area contributed by atoms with E-state index < -0.39 is 0 Å². The largest absolute Gasteiger partial charge is 0.358 e. The molecule has 138 valence electrons. The fourth-order valence-electron chi connectivity index (χ4n) is 3.67. The van der Waals surface area contributed by atoms with Crippen LogP contribution in [0.5, 0.6) is 0 Å². The number of aromatic amines is 1. The standard InChI is InChI=1S/C20H26N4O2/c25-19(15-5-6-15)21-9-10-22-20(26)24-11-7-14(8-12-24)18-13-16-3-1-2-4-17(16)23-18/h1-4,13-15,23H,5-12H2,(H,21,25)(H,22,26). The molecule has 0 atom stereocenters. The molecule has 2 aliphatic rings. The molecule has 1 aliphatic carbocycles. The SMILES string of the molecule is O=C(NCCNC(=O)N1CCC(c2cc3ccccc3[nH]2)CC1)C1CC1. The predicted octanol–water partition coefficient (Wildman–Crippen LogP) is 2.58. The summed E-state index contributed by atoms with van der Waals surface area (Å²) < 4.78 is 0. The first kappa shape index (κ1) is 16.9. The molecule has 2 heterocycles. The Labute approximate surface area is 153 Å². The minimum absolute atomic E-state index is 0.0271. The number of benzene rings is 1. The molecule has 1 saturated heterocycles. The maximum absolute atomic E-state index is 12.3. The molecule has 3 N–H and O–H groups in total. The number of likely N-dealkylation sites (tertiary alicyclic amines) is 1. The monoisotopic (exact) mass is 354 g/mol. The summed E-state index contributed by atoms with van der Waals surface area (Å²) in [5.41, 5.74) is 2.45. The third-order valence-corrected chi connectivity index (χ3v) is 5.42. The maximum Gasteiger partial charge on any atom is 0.317 e. The van der Waals surface area contributed by atoms with Crippen LogP contribution in [0.1, 0.15) is 37.3 Å². The van der Waals surface area contributed by atoms with E-state index in [9.17, 15) is 9.59 Å². The second-order valence-corrected chi connectivity index (χ2v) is 7.37. The molecule has 1 aromatic heterocycles. The lowest BCUT2D eigenvalue weighted by molar-refractivity contribution is -0.122. The molecule has 4 rings (SSSR count).